The summed E-state index contributed by atoms with van der Waals surface area (Å²) < 4.78 is 18.3. The Balaban J connectivity index is 2.03. The molecule has 0 spiro atoms. The van der Waals surface area contributed by atoms with Crippen LogP contribution in [0.4, 0.5) is 5.69 Å². The number of benzene rings is 1. The van der Waals surface area contributed by atoms with Crippen molar-refractivity contribution < 1.29 is 14.2 Å². The third-order valence-corrected chi connectivity index (χ3v) is 7.09. The maximum atomic E-state index is 12.8. The van der Waals surface area contributed by atoms with Gasteiger partial charge >= 0.3 is 0 Å². The molecule has 0 aliphatic carbocycles. The molecule has 3 rings (SSSR count). The fourth-order valence-electron chi connectivity index (χ4n) is 2.54. The molecule has 1 aromatic rings. The van der Waals surface area contributed by atoms with E-state index in [2.05, 4.69) is 0 Å². The second-order valence-electron chi connectivity index (χ2n) is 4.83. The van der Waals surface area contributed by atoms with Crippen LogP contribution in [0.15, 0.2) is 24.3 Å². The van der Waals surface area contributed by atoms with Crippen molar-refractivity contribution in [3.05, 3.63) is 34.4 Å². The number of nitro groups is 1. The molecule has 2 saturated heterocycles. The Morgan fingerprint density at radius 2 is 2.35 bits per heavy atom. The molecule has 2 fully saturated rings. The van der Waals surface area contributed by atoms with Crippen LogP contribution in [0.25, 0.3) is 0 Å². The van der Waals surface area contributed by atoms with E-state index < -0.39 is 12.1 Å². The molecule has 2 aliphatic rings. The van der Waals surface area contributed by atoms with Crippen LogP contribution in [0.5, 0.6) is 0 Å². The minimum atomic E-state index is -2.60. The fraction of sp³-hybridized carbons (Fsp3) is 0.455. The molecule has 0 radical (unpaired) electrons. The maximum Gasteiger partial charge on any atom is 0.270 e. The van der Waals surface area contributed by atoms with Crippen LogP contribution in [0.2, 0.25) is 0 Å². The molecule has 0 N–H and O–H groups in total. The molecular formula is C11H12NO4P. The van der Waals surface area contributed by atoms with Crippen molar-refractivity contribution in [3.63, 3.8) is 0 Å². The minimum Gasteiger partial charge on any atom is -0.358 e. The van der Waals surface area contributed by atoms with Gasteiger partial charge in [-0.3, -0.25) is 10.1 Å². The highest BCUT2D eigenvalue weighted by Crippen LogP contribution is 2.71. The topological polar surface area (TPSA) is 72.7 Å². The van der Waals surface area contributed by atoms with Gasteiger partial charge in [-0.15, -0.1) is 0 Å². The molecule has 2 heterocycles. The summed E-state index contributed by atoms with van der Waals surface area (Å²) >= 11 is 0. The van der Waals surface area contributed by atoms with Gasteiger partial charge in [0.15, 0.2) is 0 Å². The van der Waals surface area contributed by atoms with Crippen molar-refractivity contribution >= 4 is 18.1 Å². The average molecular weight is 253 g/mol. The number of rotatable bonds is 2. The third kappa shape index (κ3) is 1.46. The monoisotopic (exact) mass is 253 g/mol. The summed E-state index contributed by atoms with van der Waals surface area (Å²) in [5.41, 5.74) is -0.257. The van der Waals surface area contributed by atoms with E-state index in [-0.39, 0.29) is 17.1 Å². The van der Waals surface area contributed by atoms with Crippen molar-refractivity contribution in [3.8, 4) is 0 Å². The highest BCUT2D eigenvalue weighted by molar-refractivity contribution is 7.72. The molecule has 90 valence electrons. The van der Waals surface area contributed by atoms with E-state index in [1.165, 1.54) is 12.1 Å². The molecule has 1 aromatic carbocycles. The number of hydrogen-bond donors (Lipinski definition) is 0. The van der Waals surface area contributed by atoms with Gasteiger partial charge in [-0.1, -0.05) is 12.1 Å². The fourth-order valence-corrected chi connectivity index (χ4v) is 6.19. The molecule has 17 heavy (non-hydrogen) atoms. The van der Waals surface area contributed by atoms with E-state index in [0.29, 0.717) is 11.5 Å². The first kappa shape index (κ1) is 10.9. The second-order valence-corrected chi connectivity index (χ2v) is 7.85. The van der Waals surface area contributed by atoms with Gasteiger partial charge in [-0.25, -0.2) is 0 Å². The zero-order valence-electron chi connectivity index (χ0n) is 9.33. The summed E-state index contributed by atoms with van der Waals surface area (Å²) in [7, 11) is -2.60. The molecule has 0 aromatic heterocycles. The molecule has 5 nitrogen and oxygen atoms in total. The van der Waals surface area contributed by atoms with Crippen LogP contribution in [-0.4, -0.2) is 22.5 Å². The summed E-state index contributed by atoms with van der Waals surface area (Å²) in [5, 5.41) is 11.3. The predicted octanol–water partition coefficient (Wildman–Crippen LogP) is 2.10. The minimum absolute atomic E-state index is 0.00743. The van der Waals surface area contributed by atoms with Crippen molar-refractivity contribution in [2.75, 3.05) is 6.16 Å². The molecule has 2 aliphatic heterocycles. The third-order valence-electron chi connectivity index (χ3n) is 3.64. The molecular weight excluding hydrogens is 241 g/mol. The summed E-state index contributed by atoms with van der Waals surface area (Å²) in [6.07, 6.45) is 1.37. The lowest BCUT2D eigenvalue weighted by Crippen LogP contribution is -2.09. The van der Waals surface area contributed by atoms with Gasteiger partial charge in [0.25, 0.3) is 5.69 Å². The number of hydrogen-bond acceptors (Lipinski definition) is 4. The first-order valence-corrected chi connectivity index (χ1v) is 7.43. The Morgan fingerprint density at radius 1 is 1.59 bits per heavy atom. The van der Waals surface area contributed by atoms with Crippen LogP contribution in [-0.2, 0) is 9.30 Å². The van der Waals surface area contributed by atoms with Crippen molar-refractivity contribution in [2.24, 2.45) is 0 Å². The van der Waals surface area contributed by atoms with Crippen LogP contribution < -0.4 is 5.30 Å². The van der Waals surface area contributed by atoms with Gasteiger partial charge in [0, 0.05) is 23.6 Å². The van der Waals surface area contributed by atoms with E-state index in [1.807, 2.05) is 6.92 Å². The molecule has 3 atom stereocenters. The Morgan fingerprint density at radius 3 is 2.88 bits per heavy atom. The van der Waals surface area contributed by atoms with Crippen LogP contribution in [0.1, 0.15) is 13.3 Å². The SMILES string of the molecule is C[C@@]12CC[P@@](=O)(c3cccc([N+](=O)[O-])c3)[C@@H]1O2. The van der Waals surface area contributed by atoms with Crippen molar-refractivity contribution in [1.82, 2.24) is 0 Å². The van der Waals surface area contributed by atoms with Gasteiger partial charge in [0.2, 0.25) is 0 Å². The lowest BCUT2D eigenvalue weighted by atomic mass is 10.1. The quantitative estimate of drug-likeness (QED) is 0.350. The van der Waals surface area contributed by atoms with Gasteiger partial charge in [-0.2, -0.15) is 0 Å². The van der Waals surface area contributed by atoms with E-state index in [4.69, 9.17) is 4.74 Å². The highest BCUT2D eigenvalue weighted by atomic mass is 31.2. The average Bonchev–Trinajstić information content (AvgIpc) is 2.93. The van der Waals surface area contributed by atoms with E-state index in [0.717, 1.165) is 6.42 Å². The molecule has 0 saturated carbocycles. The van der Waals surface area contributed by atoms with Crippen molar-refractivity contribution in [2.45, 2.75) is 24.8 Å². The van der Waals surface area contributed by atoms with Gasteiger partial charge in [0.1, 0.15) is 18.6 Å². The van der Waals surface area contributed by atoms with Gasteiger partial charge < -0.3 is 9.30 Å². The number of epoxide rings is 1. The standard InChI is InChI=1S/C11H12NO4P/c1-11-5-6-17(15,10(11)16-11)9-4-2-3-8(7-9)12(13)14/h2-4,7,10H,5-6H2,1H3/t10-,11+,17+/m0/s1. The zero-order valence-corrected chi connectivity index (χ0v) is 10.2. The number of nitro benzene ring substituents is 1. The largest absolute Gasteiger partial charge is 0.358 e. The first-order valence-electron chi connectivity index (χ1n) is 5.47. The molecule has 0 unspecified atom stereocenters. The van der Waals surface area contributed by atoms with Crippen LogP contribution in [0, 0.1) is 10.1 Å². The summed E-state index contributed by atoms with van der Waals surface area (Å²) in [6.45, 7) is 1.95. The maximum absolute atomic E-state index is 12.8. The molecule has 0 amide bonds. The zero-order chi connectivity index (χ0) is 12.3. The van der Waals surface area contributed by atoms with Gasteiger partial charge in [-0.05, 0) is 13.3 Å². The smallest absolute Gasteiger partial charge is 0.270 e. The van der Waals surface area contributed by atoms with Crippen LogP contribution >= 0.6 is 7.14 Å². The summed E-state index contributed by atoms with van der Waals surface area (Å²) in [5.74, 6) is -0.225. The highest BCUT2D eigenvalue weighted by Gasteiger charge is 2.67. The number of nitrogens with zero attached hydrogens (tertiary/aromatic N) is 1. The van der Waals surface area contributed by atoms with Crippen molar-refractivity contribution in [1.29, 1.82) is 0 Å². The molecule has 6 heteroatoms. The Bertz CT molecular complexity index is 558. The van der Waals surface area contributed by atoms with Gasteiger partial charge in [0.05, 0.1) is 4.92 Å². The Hall–Kier alpha value is -1.19. The lowest BCUT2D eigenvalue weighted by Gasteiger charge is -2.11. The number of fused-ring (bicyclic) bond motifs is 1. The molecule has 0 bridgehead atoms. The Kier molecular flexibility index (Phi) is 2.04. The normalized spacial score (nSPS) is 38.8. The van der Waals surface area contributed by atoms with E-state index in [9.17, 15) is 14.7 Å². The number of ether oxygens (including phenoxy) is 1. The van der Waals surface area contributed by atoms with E-state index >= 15 is 0 Å². The number of non-ortho nitro benzene ring substituents is 1. The Labute approximate surface area is 98.3 Å². The van der Waals surface area contributed by atoms with Crippen LogP contribution in [0.3, 0.4) is 0 Å². The summed E-state index contributed by atoms with van der Waals surface area (Å²) in [4.78, 5) is 10.3. The summed E-state index contributed by atoms with van der Waals surface area (Å²) in [6, 6.07) is 6.14. The first-order chi connectivity index (χ1) is 7.96. The lowest BCUT2D eigenvalue weighted by molar-refractivity contribution is -0.384. The second kappa shape index (κ2) is 3.18. The predicted molar refractivity (Wildman–Crippen MR) is 63.1 cm³/mol. The van der Waals surface area contributed by atoms with E-state index in [1.54, 1.807) is 12.1 Å².